The molecule has 2 N–H and O–H groups in total. The summed E-state index contributed by atoms with van der Waals surface area (Å²) in [7, 11) is 0. The van der Waals surface area contributed by atoms with Crippen molar-refractivity contribution in [1.82, 2.24) is 10.2 Å². The van der Waals surface area contributed by atoms with Gasteiger partial charge in [-0.05, 0) is 23.8 Å². The summed E-state index contributed by atoms with van der Waals surface area (Å²) < 4.78 is 68.2. The molecule has 0 bridgehead atoms. The zero-order chi connectivity index (χ0) is 19.6. The number of nitrogens with zero attached hydrogens (tertiary/aromatic N) is 1. The maximum atomic E-state index is 13.9. The third kappa shape index (κ3) is 6.08. The molecule has 1 fully saturated rings. The Morgan fingerprint density at radius 1 is 0.966 bits per heavy atom. The van der Waals surface area contributed by atoms with Crippen molar-refractivity contribution in [3.05, 3.63) is 59.2 Å². The molecule has 1 atom stereocenters. The standard InChI is InChI=1S/C18H17F5N2O2.2ClH/c19-14-6-5-13(17(26)15(14)20)16(25-9-7-24-8-10-25)11-1-3-12(4-2-11)27-18(21,22)23;;/h1-6,16,24,26H,7-10H2;2*1H/t16-;;/m0../s1. The Balaban J connectivity index is 0.00000210. The number of piperazine rings is 1. The summed E-state index contributed by atoms with van der Waals surface area (Å²) in [6.45, 7) is 2.42. The largest absolute Gasteiger partial charge is 0.573 e. The topological polar surface area (TPSA) is 44.7 Å². The van der Waals surface area contributed by atoms with Crippen molar-refractivity contribution in [2.75, 3.05) is 26.2 Å². The number of rotatable bonds is 4. The SMILES string of the molecule is Cl.Cl.Oc1c([C@H](c2ccc(OC(F)(F)F)cc2)N2CCNCC2)ccc(F)c1F. The predicted octanol–water partition coefficient (Wildman–Crippen LogP) is 4.41. The first-order chi connectivity index (χ1) is 12.8. The lowest BCUT2D eigenvalue weighted by Gasteiger charge is -2.36. The highest BCUT2D eigenvalue weighted by Gasteiger charge is 2.32. The fourth-order valence-electron chi connectivity index (χ4n) is 3.15. The van der Waals surface area contributed by atoms with Crippen LogP contribution in [0.2, 0.25) is 0 Å². The van der Waals surface area contributed by atoms with Gasteiger partial charge in [0.15, 0.2) is 11.6 Å². The van der Waals surface area contributed by atoms with Gasteiger partial charge in [-0.2, -0.15) is 4.39 Å². The van der Waals surface area contributed by atoms with Gasteiger partial charge in [0.2, 0.25) is 5.82 Å². The van der Waals surface area contributed by atoms with Gasteiger partial charge >= 0.3 is 6.36 Å². The second-order valence-corrected chi connectivity index (χ2v) is 6.10. The average molecular weight is 461 g/mol. The van der Waals surface area contributed by atoms with E-state index in [0.29, 0.717) is 31.7 Å². The lowest BCUT2D eigenvalue weighted by atomic mass is 9.95. The van der Waals surface area contributed by atoms with Gasteiger partial charge in [0.25, 0.3) is 0 Å². The summed E-state index contributed by atoms with van der Waals surface area (Å²) in [4.78, 5) is 1.93. The molecule has 0 unspecified atom stereocenters. The van der Waals surface area contributed by atoms with Gasteiger partial charge in [0.05, 0.1) is 6.04 Å². The second-order valence-electron chi connectivity index (χ2n) is 6.10. The van der Waals surface area contributed by atoms with E-state index in [2.05, 4.69) is 10.1 Å². The van der Waals surface area contributed by atoms with Crippen LogP contribution in [-0.2, 0) is 0 Å². The third-order valence-electron chi connectivity index (χ3n) is 4.34. The molecular formula is C18H19Cl2F5N2O2. The summed E-state index contributed by atoms with van der Waals surface area (Å²) in [5.41, 5.74) is 0.660. The van der Waals surface area contributed by atoms with E-state index in [1.807, 2.05) is 4.90 Å². The molecule has 1 aliphatic heterocycles. The van der Waals surface area contributed by atoms with E-state index in [1.165, 1.54) is 18.2 Å². The van der Waals surface area contributed by atoms with Gasteiger partial charge in [0.1, 0.15) is 5.75 Å². The summed E-state index contributed by atoms with van der Waals surface area (Å²) in [5, 5.41) is 13.3. The van der Waals surface area contributed by atoms with Gasteiger partial charge in [-0.3, -0.25) is 4.90 Å². The molecule has 0 saturated carbocycles. The Labute approximate surface area is 176 Å². The number of ether oxygens (including phenoxy) is 1. The monoisotopic (exact) mass is 460 g/mol. The van der Waals surface area contributed by atoms with Crippen LogP contribution in [0.15, 0.2) is 36.4 Å². The molecule has 2 aromatic rings. The van der Waals surface area contributed by atoms with Gasteiger partial charge < -0.3 is 15.2 Å². The number of alkyl halides is 3. The second kappa shape index (κ2) is 10.3. The van der Waals surface area contributed by atoms with Gasteiger partial charge in [-0.15, -0.1) is 38.0 Å². The van der Waals surface area contributed by atoms with E-state index in [0.717, 1.165) is 18.2 Å². The Kier molecular flexibility index (Phi) is 8.95. The van der Waals surface area contributed by atoms with Crippen LogP contribution < -0.4 is 10.1 Å². The van der Waals surface area contributed by atoms with Crippen molar-refractivity contribution >= 4 is 24.8 Å². The lowest BCUT2D eigenvalue weighted by Crippen LogP contribution is -2.45. The Hall–Kier alpha value is -1.81. The molecule has 162 valence electrons. The molecule has 1 aliphatic rings. The maximum absolute atomic E-state index is 13.9. The number of halogens is 7. The number of aromatic hydroxyl groups is 1. The highest BCUT2D eigenvalue weighted by atomic mass is 35.5. The van der Waals surface area contributed by atoms with Gasteiger partial charge in [0, 0.05) is 31.7 Å². The quantitative estimate of drug-likeness (QED) is 0.663. The van der Waals surface area contributed by atoms with Crippen LogP contribution in [0.4, 0.5) is 22.0 Å². The number of hydrogen-bond acceptors (Lipinski definition) is 4. The molecule has 0 aromatic heterocycles. The highest BCUT2D eigenvalue weighted by molar-refractivity contribution is 5.85. The van der Waals surface area contributed by atoms with Crippen molar-refractivity contribution in [3.63, 3.8) is 0 Å². The minimum absolute atomic E-state index is 0. The molecule has 3 rings (SSSR count). The molecule has 0 radical (unpaired) electrons. The molecule has 4 nitrogen and oxygen atoms in total. The van der Waals surface area contributed by atoms with Crippen molar-refractivity contribution in [3.8, 4) is 11.5 Å². The van der Waals surface area contributed by atoms with E-state index in [-0.39, 0.29) is 36.1 Å². The van der Waals surface area contributed by atoms with E-state index < -0.39 is 29.8 Å². The first-order valence-corrected chi connectivity index (χ1v) is 8.23. The Morgan fingerprint density at radius 2 is 1.55 bits per heavy atom. The van der Waals surface area contributed by atoms with Crippen molar-refractivity contribution < 1.29 is 31.8 Å². The fourth-order valence-corrected chi connectivity index (χ4v) is 3.15. The third-order valence-corrected chi connectivity index (χ3v) is 4.34. The molecule has 0 aliphatic carbocycles. The smallest absolute Gasteiger partial charge is 0.505 e. The number of nitrogens with one attached hydrogen (secondary N) is 1. The summed E-state index contributed by atoms with van der Waals surface area (Å²) in [5.74, 6) is -3.73. The van der Waals surface area contributed by atoms with E-state index >= 15 is 0 Å². The number of hydrogen-bond donors (Lipinski definition) is 2. The molecule has 0 spiro atoms. The summed E-state index contributed by atoms with van der Waals surface area (Å²) >= 11 is 0. The first kappa shape index (κ1) is 25.2. The molecule has 11 heteroatoms. The maximum Gasteiger partial charge on any atom is 0.573 e. The first-order valence-electron chi connectivity index (χ1n) is 8.23. The lowest BCUT2D eigenvalue weighted by molar-refractivity contribution is -0.274. The minimum atomic E-state index is -4.81. The normalized spacial score (nSPS) is 15.8. The molecular weight excluding hydrogens is 442 g/mol. The molecule has 1 heterocycles. The molecule has 29 heavy (non-hydrogen) atoms. The highest BCUT2D eigenvalue weighted by Crippen LogP contribution is 2.37. The van der Waals surface area contributed by atoms with Gasteiger partial charge in [-0.25, -0.2) is 4.39 Å². The average Bonchev–Trinajstić information content (AvgIpc) is 2.63. The zero-order valence-corrected chi connectivity index (χ0v) is 16.5. The molecule has 2 aromatic carbocycles. The van der Waals surface area contributed by atoms with Crippen LogP contribution in [0.5, 0.6) is 11.5 Å². The van der Waals surface area contributed by atoms with Crippen LogP contribution in [0.3, 0.4) is 0 Å². The predicted molar refractivity (Wildman–Crippen MR) is 102 cm³/mol. The molecule has 1 saturated heterocycles. The minimum Gasteiger partial charge on any atom is -0.505 e. The Morgan fingerprint density at radius 3 is 2.10 bits per heavy atom. The zero-order valence-electron chi connectivity index (χ0n) is 14.9. The van der Waals surface area contributed by atoms with E-state index in [1.54, 1.807) is 0 Å². The van der Waals surface area contributed by atoms with Crippen LogP contribution in [-0.4, -0.2) is 42.5 Å². The van der Waals surface area contributed by atoms with Crippen LogP contribution in [0.25, 0.3) is 0 Å². The Bertz CT molecular complexity index is 800. The van der Waals surface area contributed by atoms with Crippen LogP contribution >= 0.6 is 24.8 Å². The van der Waals surface area contributed by atoms with Crippen molar-refractivity contribution in [1.29, 1.82) is 0 Å². The van der Waals surface area contributed by atoms with Gasteiger partial charge in [-0.1, -0.05) is 18.2 Å². The van der Waals surface area contributed by atoms with Crippen molar-refractivity contribution in [2.45, 2.75) is 12.4 Å². The summed E-state index contributed by atoms with van der Waals surface area (Å²) in [6, 6.07) is 6.66. The fraction of sp³-hybridized carbons (Fsp3) is 0.333. The van der Waals surface area contributed by atoms with E-state index in [4.69, 9.17) is 0 Å². The molecule has 0 amide bonds. The number of phenolic OH excluding ortho intramolecular Hbond substituents is 1. The number of phenols is 1. The van der Waals surface area contributed by atoms with E-state index in [9.17, 15) is 27.1 Å². The van der Waals surface area contributed by atoms with Crippen molar-refractivity contribution in [2.24, 2.45) is 0 Å². The van der Waals surface area contributed by atoms with Crippen LogP contribution in [0.1, 0.15) is 17.2 Å². The number of benzene rings is 2. The van der Waals surface area contributed by atoms with Crippen LogP contribution in [0, 0.1) is 11.6 Å². The summed E-state index contributed by atoms with van der Waals surface area (Å²) in [6.07, 6.45) is -4.81.